The number of carbonyl (C=O) groups is 2. The van der Waals surface area contributed by atoms with Crippen molar-refractivity contribution in [2.45, 2.75) is 24.9 Å². The number of benzene rings is 1. The highest BCUT2D eigenvalue weighted by molar-refractivity contribution is 6.03. The molecule has 0 radical (unpaired) electrons. The van der Waals surface area contributed by atoms with Gasteiger partial charge in [0.05, 0.1) is 30.8 Å². The lowest BCUT2D eigenvalue weighted by Gasteiger charge is -2.57. The van der Waals surface area contributed by atoms with E-state index in [0.717, 1.165) is 23.0 Å². The van der Waals surface area contributed by atoms with Crippen molar-refractivity contribution in [1.29, 1.82) is 5.26 Å². The van der Waals surface area contributed by atoms with Gasteiger partial charge in [0.2, 0.25) is 5.91 Å². The number of piperidine rings is 1. The second kappa shape index (κ2) is 6.43. The molecule has 2 aliphatic rings. The number of hydrogen-bond acceptors (Lipinski definition) is 6. The molecule has 27 heavy (non-hydrogen) atoms. The largest absolute Gasteiger partial charge is 0.496 e. The normalized spacial score (nSPS) is 20.7. The van der Waals surface area contributed by atoms with Gasteiger partial charge < -0.3 is 20.3 Å². The fraction of sp³-hybridized carbons (Fsp3) is 0.368. The third-order valence-corrected chi connectivity index (χ3v) is 5.35. The van der Waals surface area contributed by atoms with Crippen LogP contribution < -0.4 is 15.4 Å². The molecule has 4 rings (SSSR count). The molecule has 0 aliphatic carbocycles. The van der Waals surface area contributed by atoms with Gasteiger partial charge in [-0.15, -0.1) is 0 Å². The van der Waals surface area contributed by atoms with Crippen LogP contribution in [0, 0.1) is 11.3 Å². The minimum Gasteiger partial charge on any atom is -0.496 e. The van der Waals surface area contributed by atoms with Crippen LogP contribution in [0.4, 0.5) is 5.82 Å². The zero-order valence-corrected chi connectivity index (χ0v) is 14.9. The second-order valence-electron chi connectivity index (χ2n) is 6.86. The van der Waals surface area contributed by atoms with E-state index in [4.69, 9.17) is 15.7 Å². The van der Waals surface area contributed by atoms with Crippen LogP contribution in [0.3, 0.4) is 0 Å². The number of anilines is 1. The third kappa shape index (κ3) is 2.72. The number of ether oxygens (including phenoxy) is 1. The molecule has 2 unspecified atom stereocenters. The first-order valence-corrected chi connectivity index (χ1v) is 8.73. The van der Waals surface area contributed by atoms with Crippen molar-refractivity contribution in [1.82, 2.24) is 9.88 Å². The summed E-state index contributed by atoms with van der Waals surface area (Å²) >= 11 is 0. The topological polar surface area (TPSA) is 113 Å². The van der Waals surface area contributed by atoms with Gasteiger partial charge in [-0.25, -0.2) is 4.98 Å². The number of nitrogens with two attached hydrogens (primary N) is 1. The Labute approximate surface area is 156 Å². The fourth-order valence-corrected chi connectivity index (χ4v) is 4.09. The van der Waals surface area contributed by atoms with Gasteiger partial charge in [0, 0.05) is 24.7 Å². The van der Waals surface area contributed by atoms with Gasteiger partial charge in [0.15, 0.2) is 0 Å². The van der Waals surface area contributed by atoms with Crippen LogP contribution in [-0.2, 0) is 4.79 Å². The summed E-state index contributed by atoms with van der Waals surface area (Å²) in [6.07, 6.45) is 2.62. The van der Waals surface area contributed by atoms with E-state index in [1.807, 2.05) is 12.1 Å². The Bertz CT molecular complexity index is 971. The Hall–Kier alpha value is -3.34. The summed E-state index contributed by atoms with van der Waals surface area (Å²) in [6.45, 7) is 1.18. The SMILES string of the molecule is COc1cc2c(N3C4CC3CN(C(=O)CC#N)C4)nccc2cc1C(N)=O. The number of nitriles is 1. The van der Waals surface area contributed by atoms with Crippen LogP contribution in [0.5, 0.6) is 5.75 Å². The van der Waals surface area contributed by atoms with E-state index in [0.29, 0.717) is 24.4 Å². The summed E-state index contributed by atoms with van der Waals surface area (Å²) in [5, 5.41) is 10.5. The lowest BCUT2D eigenvalue weighted by molar-refractivity contribution is -0.133. The van der Waals surface area contributed by atoms with Crippen LogP contribution in [0.25, 0.3) is 10.8 Å². The average molecular weight is 365 g/mol. The molecule has 2 atom stereocenters. The molecule has 3 heterocycles. The first-order valence-electron chi connectivity index (χ1n) is 8.73. The zero-order chi connectivity index (χ0) is 19.1. The van der Waals surface area contributed by atoms with Crippen LogP contribution in [0.15, 0.2) is 24.4 Å². The molecule has 2 saturated heterocycles. The molecule has 0 spiro atoms. The number of methoxy groups -OCH3 is 1. The van der Waals surface area contributed by atoms with Gasteiger partial charge >= 0.3 is 0 Å². The van der Waals surface area contributed by atoms with Crippen LogP contribution in [0.1, 0.15) is 23.2 Å². The minimum atomic E-state index is -0.542. The van der Waals surface area contributed by atoms with Gasteiger partial charge in [-0.3, -0.25) is 9.59 Å². The maximum absolute atomic E-state index is 12.0. The Morgan fingerprint density at radius 3 is 2.74 bits per heavy atom. The second-order valence-corrected chi connectivity index (χ2v) is 6.86. The minimum absolute atomic E-state index is 0.0843. The van der Waals surface area contributed by atoms with E-state index in [1.165, 1.54) is 7.11 Å². The van der Waals surface area contributed by atoms with Crippen LogP contribution in [-0.4, -0.2) is 54.0 Å². The lowest BCUT2D eigenvalue weighted by atomic mass is 9.86. The Morgan fingerprint density at radius 2 is 2.11 bits per heavy atom. The standard InChI is InChI=1S/C19H19N5O3/c1-27-16-8-14-11(6-15(16)18(21)26)3-5-22-19(14)24-12-7-13(24)10-23(9-12)17(25)2-4-20/h3,5-6,8,12-13H,2,7,9-10H2,1H3,(H2,21,26). The molecule has 2 bridgehead atoms. The molecule has 2 fully saturated rings. The zero-order valence-electron chi connectivity index (χ0n) is 14.9. The van der Waals surface area contributed by atoms with E-state index in [2.05, 4.69) is 9.88 Å². The van der Waals surface area contributed by atoms with Crippen molar-refractivity contribution in [2.24, 2.45) is 5.73 Å². The van der Waals surface area contributed by atoms with E-state index in [-0.39, 0.29) is 24.4 Å². The number of carbonyl (C=O) groups excluding carboxylic acids is 2. The monoisotopic (exact) mass is 365 g/mol. The Morgan fingerprint density at radius 1 is 1.37 bits per heavy atom. The van der Waals surface area contributed by atoms with Crippen molar-refractivity contribution in [3.63, 3.8) is 0 Å². The summed E-state index contributed by atoms with van der Waals surface area (Å²) < 4.78 is 5.34. The fourth-order valence-electron chi connectivity index (χ4n) is 4.09. The van der Waals surface area contributed by atoms with Crippen LogP contribution >= 0.6 is 0 Å². The van der Waals surface area contributed by atoms with Crippen molar-refractivity contribution in [3.8, 4) is 11.8 Å². The lowest BCUT2D eigenvalue weighted by Crippen LogP contribution is -2.70. The predicted octanol–water partition coefficient (Wildman–Crippen LogP) is 1.05. The number of likely N-dealkylation sites (tertiary alicyclic amines) is 1. The number of piperazine rings is 1. The number of nitrogens with zero attached hydrogens (tertiary/aromatic N) is 4. The number of hydrogen-bond donors (Lipinski definition) is 1. The smallest absolute Gasteiger partial charge is 0.252 e. The van der Waals surface area contributed by atoms with Gasteiger partial charge in [0.25, 0.3) is 5.91 Å². The quantitative estimate of drug-likeness (QED) is 0.866. The third-order valence-electron chi connectivity index (χ3n) is 5.35. The van der Waals surface area contributed by atoms with Crippen molar-refractivity contribution in [2.75, 3.05) is 25.1 Å². The van der Waals surface area contributed by atoms with E-state index >= 15 is 0 Å². The number of primary amides is 1. The number of amides is 2. The average Bonchev–Trinajstić information content (AvgIpc) is 2.67. The first kappa shape index (κ1) is 17.1. The summed E-state index contributed by atoms with van der Waals surface area (Å²) in [6, 6.07) is 7.62. The van der Waals surface area contributed by atoms with E-state index in [1.54, 1.807) is 23.2 Å². The maximum atomic E-state index is 12.0. The molecule has 1 aromatic carbocycles. The highest BCUT2D eigenvalue weighted by atomic mass is 16.5. The maximum Gasteiger partial charge on any atom is 0.252 e. The van der Waals surface area contributed by atoms with E-state index in [9.17, 15) is 9.59 Å². The van der Waals surface area contributed by atoms with Crippen molar-refractivity contribution in [3.05, 3.63) is 30.0 Å². The summed E-state index contributed by atoms with van der Waals surface area (Å²) in [5.74, 6) is 0.571. The van der Waals surface area contributed by atoms with Gasteiger partial charge in [-0.2, -0.15) is 5.26 Å². The molecular weight excluding hydrogens is 346 g/mol. The summed E-state index contributed by atoms with van der Waals surface area (Å²) in [5.41, 5.74) is 5.79. The molecule has 2 amide bonds. The first-order chi connectivity index (χ1) is 13.0. The van der Waals surface area contributed by atoms with E-state index < -0.39 is 5.91 Å². The molecule has 2 aliphatic heterocycles. The van der Waals surface area contributed by atoms with Gasteiger partial charge in [0.1, 0.15) is 18.0 Å². The molecule has 8 nitrogen and oxygen atoms in total. The Kier molecular flexibility index (Phi) is 4.07. The highest BCUT2D eigenvalue weighted by Crippen LogP contribution is 2.40. The number of pyridine rings is 1. The van der Waals surface area contributed by atoms with Crippen LogP contribution in [0.2, 0.25) is 0 Å². The molecule has 1 aromatic heterocycles. The highest BCUT2D eigenvalue weighted by Gasteiger charge is 2.46. The summed E-state index contributed by atoms with van der Waals surface area (Å²) in [4.78, 5) is 32.2. The van der Waals surface area contributed by atoms with Gasteiger partial charge in [-0.05, 0) is 30.0 Å². The molecular formula is C19H19N5O3. The van der Waals surface area contributed by atoms with Crippen molar-refractivity contribution < 1.29 is 14.3 Å². The molecule has 2 aromatic rings. The molecule has 8 heteroatoms. The van der Waals surface area contributed by atoms with Gasteiger partial charge in [-0.1, -0.05) is 0 Å². The molecule has 2 N–H and O–H groups in total. The van der Waals surface area contributed by atoms with Crippen molar-refractivity contribution >= 4 is 28.4 Å². The summed E-state index contributed by atoms with van der Waals surface area (Å²) in [7, 11) is 1.50. The number of aromatic nitrogens is 1. The number of rotatable bonds is 4. The Balaban J connectivity index is 1.69. The molecule has 138 valence electrons. The predicted molar refractivity (Wildman–Crippen MR) is 98.3 cm³/mol. The number of fused-ring (bicyclic) bond motifs is 3. The molecule has 0 saturated carbocycles.